The Morgan fingerprint density at radius 3 is 2.28 bits per heavy atom. The molecule has 0 aliphatic heterocycles. The molecule has 0 spiro atoms. The van der Waals surface area contributed by atoms with Crippen LogP contribution in [0.4, 0.5) is 4.79 Å². The van der Waals surface area contributed by atoms with Crippen molar-refractivity contribution in [2.24, 2.45) is 0 Å². The minimum Gasteiger partial charge on any atom is -0.479 e. The van der Waals surface area contributed by atoms with Crippen LogP contribution in [0.1, 0.15) is 20.8 Å². The molecule has 0 saturated carbocycles. The number of carbonyl (C=O) groups is 2. The highest BCUT2D eigenvalue weighted by Crippen LogP contribution is 2.30. The molecule has 0 saturated heterocycles. The number of rotatable bonds is 5. The maximum atomic E-state index is 12.0. The largest absolute Gasteiger partial charge is 0.479 e. The molecule has 0 aliphatic rings. The minimum atomic E-state index is -0.863. The van der Waals surface area contributed by atoms with Crippen LogP contribution in [0.25, 0.3) is 11.1 Å². The third-order valence-electron chi connectivity index (χ3n) is 3.37. The van der Waals surface area contributed by atoms with E-state index in [1.807, 2.05) is 36.4 Å². The Labute approximate surface area is 152 Å². The molecule has 2 rings (SSSR count). The van der Waals surface area contributed by atoms with Crippen LogP contribution in [0.5, 0.6) is 5.75 Å². The SMILES string of the molecule is CC(C)NC(=O)NC(=O)[C@H](C)Oc1ccc(-c2ccccc2)cc1Cl. The van der Waals surface area contributed by atoms with Gasteiger partial charge in [-0.15, -0.1) is 0 Å². The fourth-order valence-electron chi connectivity index (χ4n) is 2.16. The molecule has 2 aromatic carbocycles. The molecular weight excluding hydrogens is 340 g/mol. The molecule has 0 bridgehead atoms. The molecule has 0 radical (unpaired) electrons. The number of hydrogen-bond donors (Lipinski definition) is 2. The molecule has 2 aromatic rings. The van der Waals surface area contributed by atoms with Crippen LogP contribution < -0.4 is 15.4 Å². The Kier molecular flexibility index (Phi) is 6.42. The van der Waals surface area contributed by atoms with E-state index in [9.17, 15) is 9.59 Å². The molecule has 0 aromatic heterocycles. The van der Waals surface area contributed by atoms with E-state index in [0.29, 0.717) is 10.8 Å². The molecule has 5 nitrogen and oxygen atoms in total. The summed E-state index contributed by atoms with van der Waals surface area (Å²) < 4.78 is 5.58. The minimum absolute atomic E-state index is 0.0657. The summed E-state index contributed by atoms with van der Waals surface area (Å²) in [5, 5.41) is 5.20. The second kappa shape index (κ2) is 8.53. The number of benzene rings is 2. The van der Waals surface area contributed by atoms with E-state index in [1.54, 1.807) is 32.9 Å². The molecule has 3 amide bonds. The highest BCUT2D eigenvalue weighted by atomic mass is 35.5. The zero-order valence-corrected chi connectivity index (χ0v) is 15.1. The van der Waals surface area contributed by atoms with Crippen LogP contribution in [0, 0.1) is 0 Å². The van der Waals surface area contributed by atoms with E-state index in [-0.39, 0.29) is 6.04 Å². The summed E-state index contributed by atoms with van der Waals surface area (Å²) in [6.07, 6.45) is -0.863. The Balaban J connectivity index is 2.02. The van der Waals surface area contributed by atoms with Gasteiger partial charge in [0.2, 0.25) is 0 Å². The van der Waals surface area contributed by atoms with Crippen molar-refractivity contribution < 1.29 is 14.3 Å². The van der Waals surface area contributed by atoms with Gasteiger partial charge in [0.25, 0.3) is 5.91 Å². The molecule has 0 fully saturated rings. The number of carbonyl (C=O) groups excluding carboxylic acids is 2. The van der Waals surface area contributed by atoms with Crippen LogP contribution in [-0.2, 0) is 4.79 Å². The predicted molar refractivity (Wildman–Crippen MR) is 98.8 cm³/mol. The molecule has 2 N–H and O–H groups in total. The van der Waals surface area contributed by atoms with Crippen molar-refractivity contribution >= 4 is 23.5 Å². The summed E-state index contributed by atoms with van der Waals surface area (Å²) in [6.45, 7) is 5.16. The lowest BCUT2D eigenvalue weighted by molar-refractivity contribution is -0.126. The summed E-state index contributed by atoms with van der Waals surface area (Å²) in [5.74, 6) is -0.158. The smallest absolute Gasteiger partial charge is 0.321 e. The van der Waals surface area contributed by atoms with Crippen LogP contribution in [0.2, 0.25) is 5.02 Å². The van der Waals surface area contributed by atoms with E-state index >= 15 is 0 Å². The van der Waals surface area contributed by atoms with Gasteiger partial charge in [0.05, 0.1) is 5.02 Å². The summed E-state index contributed by atoms with van der Waals surface area (Å²) in [6, 6.07) is 14.5. The van der Waals surface area contributed by atoms with Gasteiger partial charge in [0.1, 0.15) is 5.75 Å². The predicted octanol–water partition coefficient (Wildman–Crippen LogP) is 4.01. The first-order chi connectivity index (χ1) is 11.9. The lowest BCUT2D eigenvalue weighted by Crippen LogP contribution is -2.47. The first kappa shape index (κ1) is 18.8. The van der Waals surface area contributed by atoms with Gasteiger partial charge < -0.3 is 10.1 Å². The maximum Gasteiger partial charge on any atom is 0.321 e. The van der Waals surface area contributed by atoms with Crippen molar-refractivity contribution in [2.45, 2.75) is 32.9 Å². The monoisotopic (exact) mass is 360 g/mol. The van der Waals surface area contributed by atoms with Gasteiger partial charge in [-0.25, -0.2) is 4.79 Å². The Morgan fingerprint density at radius 2 is 1.68 bits per heavy atom. The number of imide groups is 1. The van der Waals surface area contributed by atoms with Gasteiger partial charge in [-0.05, 0) is 44.0 Å². The Hall–Kier alpha value is -2.53. The first-order valence-corrected chi connectivity index (χ1v) is 8.37. The van der Waals surface area contributed by atoms with Crippen molar-refractivity contribution in [3.63, 3.8) is 0 Å². The normalized spacial score (nSPS) is 11.7. The molecule has 132 valence electrons. The van der Waals surface area contributed by atoms with E-state index in [0.717, 1.165) is 11.1 Å². The zero-order valence-electron chi connectivity index (χ0n) is 14.4. The van der Waals surface area contributed by atoms with Gasteiger partial charge in [-0.1, -0.05) is 48.0 Å². The zero-order chi connectivity index (χ0) is 18.4. The second-order valence-corrected chi connectivity index (χ2v) is 6.30. The standard InChI is InChI=1S/C19H21ClN2O3/c1-12(2)21-19(24)22-18(23)13(3)25-17-10-9-15(11-16(17)20)14-7-5-4-6-8-14/h4-13H,1-3H3,(H2,21,22,23,24)/t13-/m0/s1. The third-order valence-corrected chi connectivity index (χ3v) is 3.66. The number of amides is 3. The van der Waals surface area contributed by atoms with Gasteiger partial charge in [-0.2, -0.15) is 0 Å². The average molecular weight is 361 g/mol. The molecule has 1 atom stereocenters. The van der Waals surface area contributed by atoms with Crippen LogP contribution >= 0.6 is 11.6 Å². The second-order valence-electron chi connectivity index (χ2n) is 5.89. The van der Waals surface area contributed by atoms with Crippen molar-refractivity contribution in [1.82, 2.24) is 10.6 Å². The van der Waals surface area contributed by atoms with E-state index in [1.165, 1.54) is 0 Å². The van der Waals surface area contributed by atoms with Gasteiger partial charge >= 0.3 is 6.03 Å². The van der Waals surface area contributed by atoms with E-state index in [2.05, 4.69) is 10.6 Å². The number of hydrogen-bond acceptors (Lipinski definition) is 3. The Morgan fingerprint density at radius 1 is 1.00 bits per heavy atom. The van der Waals surface area contributed by atoms with Crippen molar-refractivity contribution in [3.05, 3.63) is 53.6 Å². The first-order valence-electron chi connectivity index (χ1n) is 8.00. The van der Waals surface area contributed by atoms with Crippen LogP contribution in [0.3, 0.4) is 0 Å². The summed E-state index contributed by atoms with van der Waals surface area (Å²) >= 11 is 6.27. The fraction of sp³-hybridized carbons (Fsp3) is 0.263. The van der Waals surface area contributed by atoms with Crippen LogP contribution in [0.15, 0.2) is 48.5 Å². The molecular formula is C19H21ClN2O3. The molecule has 0 aliphatic carbocycles. The van der Waals surface area contributed by atoms with Crippen LogP contribution in [-0.4, -0.2) is 24.1 Å². The molecule has 0 unspecified atom stereocenters. The van der Waals surface area contributed by atoms with Crippen molar-refractivity contribution in [2.75, 3.05) is 0 Å². The summed E-state index contributed by atoms with van der Waals surface area (Å²) in [7, 11) is 0. The molecule has 6 heteroatoms. The Bertz CT molecular complexity index is 748. The number of ether oxygens (including phenoxy) is 1. The average Bonchev–Trinajstić information content (AvgIpc) is 2.56. The van der Waals surface area contributed by atoms with Gasteiger partial charge in [-0.3, -0.25) is 10.1 Å². The molecule has 0 heterocycles. The third kappa shape index (κ3) is 5.50. The van der Waals surface area contributed by atoms with E-state index < -0.39 is 18.0 Å². The number of urea groups is 1. The number of nitrogens with one attached hydrogen (secondary N) is 2. The lowest BCUT2D eigenvalue weighted by Gasteiger charge is -2.16. The molecule has 25 heavy (non-hydrogen) atoms. The van der Waals surface area contributed by atoms with Crippen molar-refractivity contribution in [3.8, 4) is 16.9 Å². The maximum absolute atomic E-state index is 12.0. The summed E-state index contributed by atoms with van der Waals surface area (Å²) in [4.78, 5) is 23.6. The van der Waals surface area contributed by atoms with E-state index in [4.69, 9.17) is 16.3 Å². The van der Waals surface area contributed by atoms with Gasteiger partial charge in [0.15, 0.2) is 6.10 Å². The highest BCUT2D eigenvalue weighted by Gasteiger charge is 2.19. The van der Waals surface area contributed by atoms with Gasteiger partial charge in [0, 0.05) is 6.04 Å². The summed E-state index contributed by atoms with van der Waals surface area (Å²) in [5.41, 5.74) is 1.98. The quantitative estimate of drug-likeness (QED) is 0.846. The van der Waals surface area contributed by atoms with Crippen molar-refractivity contribution in [1.29, 1.82) is 0 Å². The fourth-order valence-corrected chi connectivity index (χ4v) is 2.39. The lowest BCUT2D eigenvalue weighted by atomic mass is 10.1. The number of halogens is 1. The highest BCUT2D eigenvalue weighted by molar-refractivity contribution is 6.32. The topological polar surface area (TPSA) is 67.4 Å².